The Morgan fingerprint density at radius 2 is 0.812 bits per heavy atom. The third-order valence-electron chi connectivity index (χ3n) is 2.14. The fraction of sp³-hybridized carbons (Fsp3) is 0. The molecule has 0 atom stereocenters. The van der Waals surface area contributed by atoms with E-state index in [-0.39, 0.29) is 0 Å². The Morgan fingerprint density at radius 3 is 1.06 bits per heavy atom. The molecule has 0 saturated carbocycles. The van der Waals surface area contributed by atoms with E-state index < -0.39 is 0 Å². The lowest BCUT2D eigenvalue weighted by atomic mass is 10.3. The van der Waals surface area contributed by atoms with Crippen molar-refractivity contribution in [2.75, 3.05) is 0 Å². The second-order valence-electron chi connectivity index (χ2n) is 3.10. The van der Waals surface area contributed by atoms with E-state index in [1.165, 1.54) is 19.6 Å². The van der Waals surface area contributed by atoms with Gasteiger partial charge in [-0.25, -0.2) is 0 Å². The zero-order valence-corrected chi connectivity index (χ0v) is 10.2. The van der Waals surface area contributed by atoms with Gasteiger partial charge in [0.15, 0.2) is 0 Å². The van der Waals surface area contributed by atoms with Gasteiger partial charge in [-0.1, -0.05) is 47.8 Å². The highest BCUT2D eigenvalue weighted by Crippen LogP contribution is 2.47. The third kappa shape index (κ3) is 2.11. The molecule has 0 radical (unpaired) electrons. The molecule has 16 heavy (non-hydrogen) atoms. The molecule has 1 aliphatic rings. The van der Waals surface area contributed by atoms with Crippen LogP contribution in [0.5, 0.6) is 0 Å². The Morgan fingerprint density at radius 1 is 0.562 bits per heavy atom. The van der Waals surface area contributed by atoms with Crippen LogP contribution in [0, 0.1) is 12.8 Å². The van der Waals surface area contributed by atoms with Gasteiger partial charge in [-0.05, 0) is 24.3 Å². The van der Waals surface area contributed by atoms with Crippen LogP contribution in [-0.4, -0.2) is 0 Å². The van der Waals surface area contributed by atoms with E-state index >= 15 is 0 Å². The maximum atomic E-state index is 4.00. The molecule has 0 fully saturated rings. The van der Waals surface area contributed by atoms with Crippen LogP contribution in [0.4, 0.5) is 0 Å². The fourth-order valence-corrected chi connectivity index (χ4v) is 3.71. The summed E-state index contributed by atoms with van der Waals surface area (Å²) in [5.41, 5.74) is 0. The number of hydrogen-bond acceptors (Lipinski definition) is 2. The summed E-state index contributed by atoms with van der Waals surface area (Å²) in [6, 6.07) is 17.1. The molecule has 2 heteroatoms. The van der Waals surface area contributed by atoms with Crippen molar-refractivity contribution in [3.05, 3.63) is 48.5 Å². The zero-order valence-electron chi connectivity index (χ0n) is 8.59. The van der Waals surface area contributed by atoms with Crippen molar-refractivity contribution in [1.82, 2.24) is 0 Å². The van der Waals surface area contributed by atoms with E-state index in [0.29, 0.717) is 0 Å². The van der Waals surface area contributed by atoms with Crippen LogP contribution in [0.25, 0.3) is 0 Å². The van der Waals surface area contributed by atoms with Gasteiger partial charge in [0.25, 0.3) is 0 Å². The number of hydrogen-bond donors (Lipinski definition) is 0. The van der Waals surface area contributed by atoms with Crippen molar-refractivity contribution >= 4 is 23.5 Å². The molecule has 0 spiro atoms. The normalized spacial score (nSPS) is 11.6. The van der Waals surface area contributed by atoms with Gasteiger partial charge in [-0.2, -0.15) is 0 Å². The standard InChI is InChI=1S/C12H8S2.C2H2/c1-2-6-10-9(5-1)13-11-7-3-4-8-12(11)14-10;1-2/h1-8H;1-2H. The molecular weight excluding hydrogens is 232 g/mol. The van der Waals surface area contributed by atoms with E-state index in [2.05, 4.69) is 61.4 Å². The first-order chi connectivity index (χ1) is 7.93. The Hall–Kier alpha value is -1.30. The zero-order chi connectivity index (χ0) is 11.4. The summed E-state index contributed by atoms with van der Waals surface area (Å²) in [5.74, 6) is 0. The number of fused-ring (bicyclic) bond motifs is 2. The summed E-state index contributed by atoms with van der Waals surface area (Å²) >= 11 is 3.72. The van der Waals surface area contributed by atoms with E-state index in [4.69, 9.17) is 0 Å². The lowest BCUT2D eigenvalue weighted by molar-refractivity contribution is 1.16. The maximum Gasteiger partial charge on any atom is 0.0262 e. The molecular formula is C14H10S2. The van der Waals surface area contributed by atoms with Gasteiger partial charge in [-0.3, -0.25) is 0 Å². The van der Waals surface area contributed by atoms with Crippen molar-refractivity contribution in [2.45, 2.75) is 19.6 Å². The molecule has 0 unspecified atom stereocenters. The highest BCUT2D eigenvalue weighted by molar-refractivity contribution is 8.05. The molecule has 0 aromatic heterocycles. The molecule has 0 N–H and O–H groups in total. The average Bonchev–Trinajstić information content (AvgIpc) is 2.38. The monoisotopic (exact) mass is 242 g/mol. The van der Waals surface area contributed by atoms with Crippen LogP contribution in [0.15, 0.2) is 68.1 Å². The topological polar surface area (TPSA) is 0 Å². The first-order valence-corrected chi connectivity index (χ1v) is 6.44. The highest BCUT2D eigenvalue weighted by Gasteiger charge is 2.14. The van der Waals surface area contributed by atoms with E-state index in [1.807, 2.05) is 23.5 Å². The number of terminal acetylenes is 1. The van der Waals surface area contributed by atoms with E-state index in [0.717, 1.165) is 0 Å². The molecule has 0 bridgehead atoms. The van der Waals surface area contributed by atoms with E-state index in [9.17, 15) is 0 Å². The molecule has 78 valence electrons. The van der Waals surface area contributed by atoms with Gasteiger partial charge < -0.3 is 0 Å². The quantitative estimate of drug-likeness (QED) is 0.530. The smallest absolute Gasteiger partial charge is 0.0262 e. The van der Waals surface area contributed by atoms with Gasteiger partial charge in [0.1, 0.15) is 0 Å². The number of rotatable bonds is 0. The fourth-order valence-electron chi connectivity index (χ4n) is 1.47. The molecule has 1 aliphatic heterocycles. The summed E-state index contributed by atoms with van der Waals surface area (Å²) < 4.78 is 0. The first kappa shape index (κ1) is 11.2. The van der Waals surface area contributed by atoms with Crippen LogP contribution in [0.1, 0.15) is 0 Å². The maximum absolute atomic E-state index is 4.00. The molecule has 2 aromatic carbocycles. The van der Waals surface area contributed by atoms with Crippen molar-refractivity contribution in [3.8, 4) is 12.8 Å². The Kier molecular flexibility index (Phi) is 3.61. The van der Waals surface area contributed by atoms with Crippen molar-refractivity contribution in [1.29, 1.82) is 0 Å². The Labute approximate surface area is 104 Å². The predicted octanol–water partition coefficient (Wildman–Crippen LogP) is 4.55. The van der Waals surface area contributed by atoms with Gasteiger partial charge in [0, 0.05) is 19.6 Å². The van der Waals surface area contributed by atoms with Crippen molar-refractivity contribution < 1.29 is 0 Å². The SMILES string of the molecule is C#C.c1ccc2c(c1)Sc1ccccc1S2. The second kappa shape index (κ2) is 5.16. The molecule has 0 saturated heterocycles. The van der Waals surface area contributed by atoms with E-state index in [1.54, 1.807) is 0 Å². The molecule has 1 heterocycles. The molecule has 3 rings (SSSR count). The lowest BCUT2D eigenvalue weighted by Gasteiger charge is -2.17. The highest BCUT2D eigenvalue weighted by atomic mass is 32.2. The van der Waals surface area contributed by atoms with Crippen LogP contribution < -0.4 is 0 Å². The molecule has 0 aliphatic carbocycles. The van der Waals surface area contributed by atoms with Crippen LogP contribution in [0.2, 0.25) is 0 Å². The van der Waals surface area contributed by atoms with Gasteiger partial charge >= 0.3 is 0 Å². The number of benzene rings is 2. The van der Waals surface area contributed by atoms with Gasteiger partial charge in [-0.15, -0.1) is 12.8 Å². The molecule has 0 amide bonds. The van der Waals surface area contributed by atoms with Crippen LogP contribution in [-0.2, 0) is 0 Å². The van der Waals surface area contributed by atoms with Crippen molar-refractivity contribution in [2.24, 2.45) is 0 Å². The summed E-state index contributed by atoms with van der Waals surface area (Å²) in [7, 11) is 0. The minimum atomic E-state index is 1.37. The average molecular weight is 242 g/mol. The Bertz CT molecular complexity index is 427. The minimum absolute atomic E-state index is 1.37. The van der Waals surface area contributed by atoms with Crippen molar-refractivity contribution in [3.63, 3.8) is 0 Å². The summed E-state index contributed by atoms with van der Waals surface area (Å²) in [4.78, 5) is 5.49. The predicted molar refractivity (Wildman–Crippen MR) is 71.0 cm³/mol. The summed E-state index contributed by atoms with van der Waals surface area (Å²) in [6.45, 7) is 0. The lowest BCUT2D eigenvalue weighted by Crippen LogP contribution is -1.87. The Balaban J connectivity index is 0.000000457. The molecule has 0 nitrogen and oxygen atoms in total. The molecule has 2 aromatic rings. The van der Waals surface area contributed by atoms with Crippen LogP contribution >= 0.6 is 23.5 Å². The van der Waals surface area contributed by atoms with Gasteiger partial charge in [0.2, 0.25) is 0 Å². The minimum Gasteiger partial charge on any atom is -0.124 e. The second-order valence-corrected chi connectivity index (χ2v) is 5.27. The third-order valence-corrected chi connectivity index (χ3v) is 4.70. The largest absolute Gasteiger partial charge is 0.124 e. The summed E-state index contributed by atoms with van der Waals surface area (Å²) in [5, 5.41) is 0. The first-order valence-electron chi connectivity index (χ1n) is 4.80. The van der Waals surface area contributed by atoms with Gasteiger partial charge in [0.05, 0.1) is 0 Å². The van der Waals surface area contributed by atoms with Crippen LogP contribution in [0.3, 0.4) is 0 Å². The summed E-state index contributed by atoms with van der Waals surface area (Å²) in [6.07, 6.45) is 8.00.